The summed E-state index contributed by atoms with van der Waals surface area (Å²) in [6.07, 6.45) is 0.357. The van der Waals surface area contributed by atoms with Gasteiger partial charge in [0.05, 0.1) is 12.2 Å². The minimum atomic E-state index is -0.860. The summed E-state index contributed by atoms with van der Waals surface area (Å²) >= 11 is 0. The lowest BCUT2D eigenvalue weighted by atomic mass is 10.1. The van der Waals surface area contributed by atoms with Crippen molar-refractivity contribution in [2.45, 2.75) is 44.2 Å². The van der Waals surface area contributed by atoms with Gasteiger partial charge in [-0.25, -0.2) is 0 Å². The van der Waals surface area contributed by atoms with Crippen LogP contribution in [-0.4, -0.2) is 29.5 Å². The van der Waals surface area contributed by atoms with Crippen LogP contribution in [-0.2, 0) is 9.57 Å². The van der Waals surface area contributed by atoms with Crippen molar-refractivity contribution in [1.82, 2.24) is 0 Å². The average Bonchev–Trinajstić information content (AvgIpc) is 2.88. The summed E-state index contributed by atoms with van der Waals surface area (Å²) in [4.78, 5) is 4.81. The first-order valence-corrected chi connectivity index (χ1v) is 4.89. The highest BCUT2D eigenvalue weighted by molar-refractivity contribution is 4.96. The number of hydrogen-bond acceptors (Lipinski definition) is 5. The molecule has 0 aromatic carbocycles. The van der Waals surface area contributed by atoms with Gasteiger partial charge in [0.25, 0.3) is 0 Å². The van der Waals surface area contributed by atoms with E-state index in [1.807, 2.05) is 0 Å². The zero-order valence-electron chi connectivity index (χ0n) is 8.05. The van der Waals surface area contributed by atoms with Gasteiger partial charge in [0.1, 0.15) is 6.10 Å². The molecule has 6 nitrogen and oxygen atoms in total. The second-order valence-electron chi connectivity index (χ2n) is 4.04. The van der Waals surface area contributed by atoms with E-state index in [0.29, 0.717) is 5.92 Å². The predicted molar refractivity (Wildman–Crippen MR) is 46.5 cm³/mol. The average molecular weight is 204 g/mol. The minimum Gasteiger partial charge on any atom is -0.580 e. The highest BCUT2D eigenvalue weighted by atomic mass is 16.9. The van der Waals surface area contributed by atoms with E-state index < -0.39 is 17.5 Å². The molecule has 0 aromatic rings. The maximum absolute atomic E-state index is 10.6. The number of ether oxygens (including phenoxy) is 1. The van der Waals surface area contributed by atoms with Crippen LogP contribution in [0.5, 0.6) is 0 Å². The van der Waals surface area contributed by atoms with Crippen LogP contribution in [0.4, 0.5) is 0 Å². The fourth-order valence-corrected chi connectivity index (χ4v) is 1.98. The molecule has 2 aliphatic rings. The van der Waals surface area contributed by atoms with Crippen molar-refractivity contribution >= 4 is 0 Å². The standard InChI is InChI=1S/C8H16N2O4/c1-4-7(14-10(9)12)6(11)8(13-4)5-2-3-5/h4-8,10-11H,2-3,9H2,1H3. The second-order valence-corrected chi connectivity index (χ2v) is 4.04. The fourth-order valence-electron chi connectivity index (χ4n) is 1.98. The Bertz CT molecular complexity index is 210. The van der Waals surface area contributed by atoms with Crippen LogP contribution >= 0.6 is 0 Å². The smallest absolute Gasteiger partial charge is 0.174 e. The summed E-state index contributed by atoms with van der Waals surface area (Å²) in [5, 5.41) is 19.5. The first-order valence-electron chi connectivity index (χ1n) is 4.89. The van der Waals surface area contributed by atoms with Crippen LogP contribution in [0, 0.1) is 11.1 Å². The molecule has 4 N–H and O–H groups in total. The number of hydrogen-bond donors (Lipinski definition) is 3. The van der Waals surface area contributed by atoms with Gasteiger partial charge in [-0.1, -0.05) is 0 Å². The zero-order chi connectivity index (χ0) is 10.3. The Hall–Kier alpha value is -0.240. The van der Waals surface area contributed by atoms with Crippen molar-refractivity contribution in [3.05, 3.63) is 5.21 Å². The number of rotatable bonds is 3. The van der Waals surface area contributed by atoms with E-state index in [2.05, 4.69) is 0 Å². The molecular formula is C8H16N2O4. The van der Waals surface area contributed by atoms with Crippen molar-refractivity contribution in [3.8, 4) is 0 Å². The SMILES string of the molecule is CC1OC(C2CC2)C(O)C1O[NH+](N)[O-]. The zero-order valence-corrected chi connectivity index (χ0v) is 8.05. The second kappa shape index (κ2) is 3.73. The normalized spacial score (nSPS) is 45.4. The molecule has 0 amide bonds. The van der Waals surface area contributed by atoms with Gasteiger partial charge in [0.15, 0.2) is 6.10 Å². The Morgan fingerprint density at radius 1 is 1.57 bits per heavy atom. The number of aliphatic hydroxyl groups excluding tert-OH is 1. The summed E-state index contributed by atoms with van der Waals surface area (Å²) in [7, 11) is 0. The van der Waals surface area contributed by atoms with E-state index in [4.69, 9.17) is 15.4 Å². The van der Waals surface area contributed by atoms with E-state index in [-0.39, 0.29) is 12.2 Å². The summed E-state index contributed by atoms with van der Waals surface area (Å²) in [5.74, 6) is 5.33. The van der Waals surface area contributed by atoms with Crippen molar-refractivity contribution in [3.63, 3.8) is 0 Å². The van der Waals surface area contributed by atoms with Crippen LogP contribution < -0.4 is 11.2 Å². The molecule has 1 saturated carbocycles. The molecule has 1 aliphatic carbocycles. The van der Waals surface area contributed by atoms with Crippen LogP contribution in [0.15, 0.2) is 0 Å². The van der Waals surface area contributed by atoms with Gasteiger partial charge in [0, 0.05) is 0 Å². The Labute approximate surface area is 82.1 Å². The minimum absolute atomic E-state index is 0.186. The molecule has 0 spiro atoms. The molecule has 0 aromatic heterocycles. The molecule has 6 heteroatoms. The first kappa shape index (κ1) is 10.3. The quantitative estimate of drug-likeness (QED) is 0.369. The van der Waals surface area contributed by atoms with E-state index in [0.717, 1.165) is 12.8 Å². The van der Waals surface area contributed by atoms with Crippen molar-refractivity contribution in [2.24, 2.45) is 11.8 Å². The third kappa shape index (κ3) is 1.90. The van der Waals surface area contributed by atoms with Crippen LogP contribution in [0.3, 0.4) is 0 Å². The molecule has 5 unspecified atom stereocenters. The molecule has 0 radical (unpaired) electrons. The summed E-state index contributed by atoms with van der Waals surface area (Å²) < 4.78 is 5.53. The van der Waals surface area contributed by atoms with Crippen LogP contribution in [0.25, 0.3) is 0 Å². The molecule has 82 valence electrons. The lowest BCUT2D eigenvalue weighted by Crippen LogP contribution is -3.13. The fraction of sp³-hybridized carbons (Fsp3) is 1.00. The number of nitrogens with two attached hydrogens (primary N) is 1. The van der Waals surface area contributed by atoms with Crippen molar-refractivity contribution in [1.29, 1.82) is 0 Å². The van der Waals surface area contributed by atoms with Gasteiger partial charge < -0.3 is 15.1 Å². The largest absolute Gasteiger partial charge is 0.580 e. The maximum atomic E-state index is 10.6. The van der Waals surface area contributed by atoms with Crippen molar-refractivity contribution < 1.29 is 20.0 Å². The third-order valence-corrected chi connectivity index (χ3v) is 2.85. The first-order chi connectivity index (χ1) is 6.59. The summed E-state index contributed by atoms with van der Waals surface area (Å²) in [5.41, 5.74) is 0. The van der Waals surface area contributed by atoms with Gasteiger partial charge >= 0.3 is 0 Å². The van der Waals surface area contributed by atoms with Gasteiger partial charge in [-0.15, -0.1) is 11.2 Å². The van der Waals surface area contributed by atoms with Gasteiger partial charge in [-0.05, 0) is 25.7 Å². The van der Waals surface area contributed by atoms with Gasteiger partial charge in [-0.2, -0.15) is 4.84 Å². The third-order valence-electron chi connectivity index (χ3n) is 2.85. The molecular weight excluding hydrogens is 188 g/mol. The Morgan fingerprint density at radius 2 is 2.21 bits per heavy atom. The molecule has 14 heavy (non-hydrogen) atoms. The molecule has 0 bridgehead atoms. The summed E-state index contributed by atoms with van der Waals surface area (Å²) in [6.45, 7) is 1.78. The molecule has 5 atom stereocenters. The molecule has 2 rings (SSSR count). The molecule has 1 saturated heterocycles. The van der Waals surface area contributed by atoms with E-state index in [9.17, 15) is 10.3 Å². The Kier molecular flexibility index (Phi) is 2.74. The molecule has 1 aliphatic heterocycles. The highest BCUT2D eigenvalue weighted by Crippen LogP contribution is 2.40. The van der Waals surface area contributed by atoms with E-state index in [1.54, 1.807) is 6.92 Å². The van der Waals surface area contributed by atoms with Crippen LogP contribution in [0.1, 0.15) is 19.8 Å². The highest BCUT2D eigenvalue weighted by Gasteiger charge is 2.50. The monoisotopic (exact) mass is 204 g/mol. The maximum Gasteiger partial charge on any atom is 0.174 e. The molecule has 1 heterocycles. The lowest BCUT2D eigenvalue weighted by molar-refractivity contribution is -1.07. The lowest BCUT2D eigenvalue weighted by Gasteiger charge is -2.21. The number of nitrogens with one attached hydrogen (secondary N) is 1. The Morgan fingerprint density at radius 3 is 2.71 bits per heavy atom. The number of quaternary nitrogens is 1. The van der Waals surface area contributed by atoms with Crippen molar-refractivity contribution in [2.75, 3.05) is 0 Å². The van der Waals surface area contributed by atoms with Crippen LogP contribution in [0.2, 0.25) is 0 Å². The van der Waals surface area contributed by atoms with E-state index in [1.165, 1.54) is 0 Å². The van der Waals surface area contributed by atoms with Gasteiger partial charge in [-0.3, -0.25) is 0 Å². The topological polar surface area (TPSA) is 92.2 Å². The number of aliphatic hydroxyl groups is 1. The van der Waals surface area contributed by atoms with Gasteiger partial charge in [0.2, 0.25) is 0 Å². The van der Waals surface area contributed by atoms with E-state index >= 15 is 0 Å². The Balaban J connectivity index is 1.96. The summed E-state index contributed by atoms with van der Waals surface area (Å²) in [6, 6.07) is 0. The predicted octanol–water partition coefficient (Wildman–Crippen LogP) is -1.90. The molecule has 2 fully saturated rings.